The molecule has 0 N–H and O–H groups in total. The molecule has 0 aromatic rings. The predicted octanol–water partition coefficient (Wildman–Crippen LogP) is 19.4. The average molecular weight is 992 g/mol. The van der Waals surface area contributed by atoms with Gasteiger partial charge in [0.1, 0.15) is 13.2 Å². The Balaban J connectivity index is 4.59. The monoisotopic (exact) mass is 991 g/mol. The molecule has 402 valence electrons. The number of carbonyl (C=O) groups excluding carboxylic acids is 3. The van der Waals surface area contributed by atoms with Crippen LogP contribution in [0.5, 0.6) is 0 Å². The van der Waals surface area contributed by atoms with Crippen LogP contribution in [0.4, 0.5) is 0 Å². The van der Waals surface area contributed by atoms with Gasteiger partial charge in [-0.2, -0.15) is 0 Å². The summed E-state index contributed by atoms with van der Waals surface area (Å²) in [4.78, 5) is 38.2. The van der Waals surface area contributed by atoms with Gasteiger partial charge in [0.2, 0.25) is 0 Å². The second-order valence-corrected chi connectivity index (χ2v) is 18.2. The number of hydrogen-bond donors (Lipinski definition) is 0. The van der Waals surface area contributed by atoms with Crippen molar-refractivity contribution in [2.75, 3.05) is 13.2 Å². The molecule has 72 heavy (non-hydrogen) atoms. The third kappa shape index (κ3) is 56.0. The number of esters is 3. The summed E-state index contributed by atoms with van der Waals surface area (Å²) in [6.07, 6.45) is 85.1. The lowest BCUT2D eigenvalue weighted by atomic mass is 10.1. The van der Waals surface area contributed by atoms with Crippen LogP contribution in [0.2, 0.25) is 0 Å². The van der Waals surface area contributed by atoms with Crippen molar-refractivity contribution >= 4 is 17.9 Å². The summed E-state index contributed by atoms with van der Waals surface area (Å²) in [7, 11) is 0. The van der Waals surface area contributed by atoms with Gasteiger partial charge < -0.3 is 14.2 Å². The van der Waals surface area contributed by atoms with E-state index in [1.165, 1.54) is 44.9 Å². The molecule has 0 spiro atoms. The number of hydrogen-bond acceptors (Lipinski definition) is 6. The summed E-state index contributed by atoms with van der Waals surface area (Å²) in [5, 5.41) is 0. The Morgan fingerprint density at radius 3 is 1.08 bits per heavy atom. The van der Waals surface area contributed by atoms with E-state index in [9.17, 15) is 14.4 Å². The van der Waals surface area contributed by atoms with Crippen LogP contribution in [0.1, 0.15) is 220 Å². The second kappa shape index (κ2) is 58.6. The number of rotatable bonds is 49. The smallest absolute Gasteiger partial charge is 0.306 e. The Hall–Kier alpha value is -4.97. The molecule has 0 saturated carbocycles. The molecule has 6 nitrogen and oxygen atoms in total. The van der Waals surface area contributed by atoms with Gasteiger partial charge in [-0.15, -0.1) is 0 Å². The lowest BCUT2D eigenvalue weighted by molar-refractivity contribution is -0.167. The maximum atomic E-state index is 12.9. The highest BCUT2D eigenvalue weighted by atomic mass is 16.6. The van der Waals surface area contributed by atoms with Gasteiger partial charge in [-0.25, -0.2) is 0 Å². The Morgan fingerprint density at radius 1 is 0.306 bits per heavy atom. The maximum Gasteiger partial charge on any atom is 0.306 e. The minimum atomic E-state index is -0.829. The van der Waals surface area contributed by atoms with E-state index in [1.54, 1.807) is 0 Å². The van der Waals surface area contributed by atoms with Gasteiger partial charge in [0, 0.05) is 19.3 Å². The predicted molar refractivity (Wildman–Crippen MR) is 311 cm³/mol. The van der Waals surface area contributed by atoms with Gasteiger partial charge in [0.05, 0.1) is 0 Å². The Labute approximate surface area is 441 Å². The van der Waals surface area contributed by atoms with Crippen LogP contribution < -0.4 is 0 Å². The molecule has 0 aromatic heterocycles. The van der Waals surface area contributed by atoms with Crippen molar-refractivity contribution in [1.29, 1.82) is 0 Å². The van der Waals surface area contributed by atoms with Crippen LogP contribution in [0.15, 0.2) is 158 Å². The van der Waals surface area contributed by atoms with E-state index in [0.29, 0.717) is 12.8 Å². The van der Waals surface area contributed by atoms with Crippen molar-refractivity contribution in [3.63, 3.8) is 0 Å². The van der Waals surface area contributed by atoms with E-state index in [0.717, 1.165) is 128 Å². The molecule has 0 amide bonds. The van der Waals surface area contributed by atoms with E-state index in [-0.39, 0.29) is 44.0 Å². The van der Waals surface area contributed by atoms with Gasteiger partial charge in [-0.1, -0.05) is 243 Å². The van der Waals surface area contributed by atoms with Crippen molar-refractivity contribution in [3.05, 3.63) is 158 Å². The molecule has 0 heterocycles. The molecule has 0 aliphatic heterocycles. The van der Waals surface area contributed by atoms with Crippen LogP contribution in [-0.2, 0) is 28.6 Å². The first-order valence-electron chi connectivity index (χ1n) is 28.6. The quantitative estimate of drug-likeness (QED) is 0.0199. The fourth-order valence-electron chi connectivity index (χ4n) is 7.10. The molecule has 0 aromatic carbocycles. The first-order valence-corrected chi connectivity index (χ1v) is 28.6. The third-order valence-corrected chi connectivity index (χ3v) is 11.3. The first-order chi connectivity index (χ1) is 35.5. The zero-order valence-corrected chi connectivity index (χ0v) is 45.9. The number of ether oxygens (including phenoxy) is 3. The standard InChI is InChI=1S/C66H102O6/c1-4-7-10-13-16-19-22-25-28-31-33-36-38-41-44-47-50-53-56-59-65(68)71-62-63(61-70-64(67)58-55-52-49-46-43-40-37-34-30-27-24-21-18-15-12-9-6-3)72-66(69)60-57-54-51-48-45-42-39-35-32-29-26-23-20-17-14-11-8-5-2/h7,10-11,14,16-21,23,25-30,32-33,35-37,39-40,46,49,63H,4-6,8-9,12-13,15,22,24,31,34,38,41-45,47-48,50-62H2,1-3H3/b10-7-,14-11-,19-16-,20-17-,21-18-,26-23-,28-25-,30-27-,32-29-,36-33-,39-35-,40-37-,49-46-. The zero-order chi connectivity index (χ0) is 52.2. The van der Waals surface area contributed by atoms with E-state index in [1.807, 2.05) is 36.5 Å². The van der Waals surface area contributed by atoms with Gasteiger partial charge in [-0.3, -0.25) is 14.4 Å². The van der Waals surface area contributed by atoms with E-state index >= 15 is 0 Å². The topological polar surface area (TPSA) is 78.9 Å². The summed E-state index contributed by atoms with van der Waals surface area (Å²) in [6, 6.07) is 0. The van der Waals surface area contributed by atoms with Crippen molar-refractivity contribution < 1.29 is 28.6 Å². The second-order valence-electron chi connectivity index (χ2n) is 18.2. The SMILES string of the molecule is CC/C=C\C/C=C\C/C=C\C/C=C\CCCCCCCCC(=O)OCC(COC(=O)CCC/C=C\C/C=C\C/C=C\C/C=C\CCCCC)OC(=O)CCCCCCC\C=C/C=C\C=C/C=C\C=C/CCC. The molecule has 0 radical (unpaired) electrons. The lowest BCUT2D eigenvalue weighted by Crippen LogP contribution is -2.30. The Bertz CT molecular complexity index is 1660. The molecule has 0 fully saturated rings. The molecule has 1 atom stereocenters. The van der Waals surface area contributed by atoms with Gasteiger partial charge in [-0.05, 0) is 116 Å². The molecule has 0 aliphatic carbocycles. The molecule has 0 bridgehead atoms. The summed E-state index contributed by atoms with van der Waals surface area (Å²) in [5.74, 6) is -1.03. The highest BCUT2D eigenvalue weighted by Gasteiger charge is 2.19. The zero-order valence-electron chi connectivity index (χ0n) is 45.9. The van der Waals surface area contributed by atoms with Crippen molar-refractivity contribution in [3.8, 4) is 0 Å². The Morgan fingerprint density at radius 2 is 0.639 bits per heavy atom. The van der Waals surface area contributed by atoms with Crippen LogP contribution in [0.25, 0.3) is 0 Å². The van der Waals surface area contributed by atoms with Crippen LogP contribution in [0, 0.1) is 0 Å². The van der Waals surface area contributed by atoms with Crippen LogP contribution in [0.3, 0.4) is 0 Å². The summed E-state index contributed by atoms with van der Waals surface area (Å²) >= 11 is 0. The maximum absolute atomic E-state index is 12.9. The number of carbonyl (C=O) groups is 3. The van der Waals surface area contributed by atoms with E-state index in [4.69, 9.17) is 14.2 Å². The fraction of sp³-hybridized carbons (Fsp3) is 0.561. The van der Waals surface area contributed by atoms with Crippen LogP contribution in [-0.4, -0.2) is 37.2 Å². The lowest BCUT2D eigenvalue weighted by Gasteiger charge is -2.18. The largest absolute Gasteiger partial charge is 0.462 e. The van der Waals surface area contributed by atoms with E-state index in [2.05, 4.69) is 142 Å². The van der Waals surface area contributed by atoms with Gasteiger partial charge >= 0.3 is 17.9 Å². The number of allylic oxidation sites excluding steroid dienone is 26. The van der Waals surface area contributed by atoms with Gasteiger partial charge in [0.25, 0.3) is 0 Å². The highest BCUT2D eigenvalue weighted by molar-refractivity contribution is 5.71. The van der Waals surface area contributed by atoms with Gasteiger partial charge in [0.15, 0.2) is 6.10 Å². The normalized spacial score (nSPS) is 13.3. The molecule has 0 saturated heterocycles. The third-order valence-electron chi connectivity index (χ3n) is 11.3. The first kappa shape index (κ1) is 67.0. The molecule has 1 unspecified atom stereocenters. The highest BCUT2D eigenvalue weighted by Crippen LogP contribution is 2.13. The molecule has 6 heteroatoms. The average Bonchev–Trinajstić information content (AvgIpc) is 3.38. The number of unbranched alkanes of at least 4 members (excludes halogenated alkanes) is 16. The van der Waals surface area contributed by atoms with Crippen LogP contribution >= 0.6 is 0 Å². The molecule has 0 aliphatic rings. The van der Waals surface area contributed by atoms with Crippen molar-refractivity contribution in [2.24, 2.45) is 0 Å². The fourth-order valence-corrected chi connectivity index (χ4v) is 7.10. The summed E-state index contributed by atoms with van der Waals surface area (Å²) < 4.78 is 16.8. The van der Waals surface area contributed by atoms with Crippen molar-refractivity contribution in [2.45, 2.75) is 226 Å². The van der Waals surface area contributed by atoms with E-state index < -0.39 is 6.10 Å². The molecular formula is C66H102O6. The molecule has 0 rings (SSSR count). The Kier molecular flexibility index (Phi) is 54.6. The minimum absolute atomic E-state index is 0.121. The van der Waals surface area contributed by atoms with Crippen molar-refractivity contribution in [1.82, 2.24) is 0 Å². The summed E-state index contributed by atoms with van der Waals surface area (Å²) in [6.45, 7) is 6.31. The summed E-state index contributed by atoms with van der Waals surface area (Å²) in [5.41, 5.74) is 0. The minimum Gasteiger partial charge on any atom is -0.462 e. The molecular weight excluding hydrogens is 889 g/mol.